The van der Waals surface area contributed by atoms with Gasteiger partial charge in [-0.15, -0.1) is 0 Å². The van der Waals surface area contributed by atoms with Crippen LogP contribution in [0.2, 0.25) is 0 Å². The molecule has 2 rings (SSSR count). The van der Waals surface area contributed by atoms with Gasteiger partial charge in [-0.2, -0.15) is 0 Å². The van der Waals surface area contributed by atoms with Crippen molar-refractivity contribution in [2.45, 2.75) is 13.8 Å². The number of rotatable bonds is 3. The lowest BCUT2D eigenvalue weighted by Crippen LogP contribution is -2.16. The molecule has 0 aliphatic rings. The Morgan fingerprint density at radius 1 is 1.30 bits per heavy atom. The Bertz CT molecular complexity index is 671. The molecular weight excluding hydrogens is 264 g/mol. The van der Waals surface area contributed by atoms with Crippen LogP contribution in [0.25, 0.3) is 0 Å². The minimum absolute atomic E-state index is 0.0836. The van der Waals surface area contributed by atoms with E-state index in [1.807, 2.05) is 0 Å². The molecule has 0 saturated carbocycles. The van der Waals surface area contributed by atoms with Gasteiger partial charge in [-0.1, -0.05) is 5.16 Å². The molecule has 1 amide bonds. The van der Waals surface area contributed by atoms with E-state index in [1.165, 1.54) is 12.1 Å². The van der Waals surface area contributed by atoms with E-state index in [0.29, 0.717) is 11.5 Å². The average molecular weight is 276 g/mol. The molecular formula is C13H12N2O5. The van der Waals surface area contributed by atoms with Crippen molar-refractivity contribution in [1.82, 2.24) is 5.16 Å². The third kappa shape index (κ3) is 2.46. The van der Waals surface area contributed by atoms with Crippen molar-refractivity contribution in [3.05, 3.63) is 40.8 Å². The number of carboxylic acids is 1. The molecule has 20 heavy (non-hydrogen) atoms. The number of nitrogens with one attached hydrogen (secondary N) is 1. The summed E-state index contributed by atoms with van der Waals surface area (Å²) in [6, 6.07) is 3.66. The van der Waals surface area contributed by atoms with Gasteiger partial charge in [-0.25, -0.2) is 4.79 Å². The first-order chi connectivity index (χ1) is 9.40. The highest BCUT2D eigenvalue weighted by molar-refractivity contribution is 6.08. The van der Waals surface area contributed by atoms with E-state index in [1.54, 1.807) is 13.8 Å². The largest absolute Gasteiger partial charge is 0.508 e. The lowest BCUT2D eigenvalue weighted by molar-refractivity contribution is 0.0697. The summed E-state index contributed by atoms with van der Waals surface area (Å²) in [7, 11) is 0. The fourth-order valence-electron chi connectivity index (χ4n) is 1.81. The van der Waals surface area contributed by atoms with E-state index in [9.17, 15) is 14.7 Å². The van der Waals surface area contributed by atoms with Crippen LogP contribution in [-0.4, -0.2) is 27.2 Å². The zero-order valence-corrected chi connectivity index (χ0v) is 10.8. The highest BCUT2D eigenvalue weighted by atomic mass is 16.5. The molecule has 0 aliphatic heterocycles. The van der Waals surface area contributed by atoms with Gasteiger partial charge in [0.15, 0.2) is 0 Å². The van der Waals surface area contributed by atoms with Gasteiger partial charge in [-0.05, 0) is 32.0 Å². The molecule has 0 radical (unpaired) electrons. The summed E-state index contributed by atoms with van der Waals surface area (Å²) in [5, 5.41) is 24.5. The van der Waals surface area contributed by atoms with Gasteiger partial charge in [0.1, 0.15) is 17.1 Å². The number of benzene rings is 1. The number of hydrogen-bond acceptors (Lipinski definition) is 5. The van der Waals surface area contributed by atoms with Gasteiger partial charge >= 0.3 is 5.97 Å². The second kappa shape index (κ2) is 5.04. The van der Waals surface area contributed by atoms with Crippen molar-refractivity contribution >= 4 is 17.6 Å². The van der Waals surface area contributed by atoms with Crippen LogP contribution in [-0.2, 0) is 0 Å². The first-order valence-corrected chi connectivity index (χ1v) is 5.70. The molecule has 0 saturated heterocycles. The lowest BCUT2D eigenvalue weighted by atomic mass is 10.1. The summed E-state index contributed by atoms with van der Waals surface area (Å²) in [5.74, 6) is -1.63. The van der Waals surface area contributed by atoms with E-state index in [-0.39, 0.29) is 22.6 Å². The SMILES string of the molecule is Cc1noc(C)c1C(=O)Nc1ccc(O)cc1C(=O)O. The van der Waals surface area contributed by atoms with Crippen molar-refractivity contribution in [2.24, 2.45) is 0 Å². The zero-order valence-electron chi connectivity index (χ0n) is 10.8. The summed E-state index contributed by atoms with van der Waals surface area (Å²) in [6.45, 7) is 3.20. The first-order valence-electron chi connectivity index (χ1n) is 5.70. The summed E-state index contributed by atoms with van der Waals surface area (Å²) in [6.07, 6.45) is 0. The monoisotopic (exact) mass is 276 g/mol. The molecule has 0 unspecified atom stereocenters. The number of anilines is 1. The van der Waals surface area contributed by atoms with Crippen LogP contribution in [0.4, 0.5) is 5.69 Å². The van der Waals surface area contributed by atoms with Crippen LogP contribution in [0.5, 0.6) is 5.75 Å². The Kier molecular flexibility index (Phi) is 3.43. The number of aromatic hydroxyl groups is 1. The fraction of sp³-hybridized carbons (Fsp3) is 0.154. The summed E-state index contributed by atoms with van der Waals surface area (Å²) in [4.78, 5) is 23.2. The Labute approximate surface area is 113 Å². The Morgan fingerprint density at radius 3 is 2.55 bits per heavy atom. The van der Waals surface area contributed by atoms with Gasteiger partial charge in [0.05, 0.1) is 16.9 Å². The maximum absolute atomic E-state index is 12.1. The molecule has 1 aromatic carbocycles. The van der Waals surface area contributed by atoms with Gasteiger partial charge in [0.2, 0.25) is 0 Å². The minimum Gasteiger partial charge on any atom is -0.508 e. The van der Waals surface area contributed by atoms with Gasteiger partial charge in [0, 0.05) is 0 Å². The molecule has 0 atom stereocenters. The molecule has 0 aliphatic carbocycles. The zero-order chi connectivity index (χ0) is 14.9. The van der Waals surface area contributed by atoms with Crippen LogP contribution in [0.15, 0.2) is 22.7 Å². The number of carboxylic acid groups (broad SMARTS) is 1. The van der Waals surface area contributed by atoms with Gasteiger partial charge in [0.25, 0.3) is 5.91 Å². The van der Waals surface area contributed by atoms with Crippen LogP contribution < -0.4 is 5.32 Å². The molecule has 3 N–H and O–H groups in total. The van der Waals surface area contributed by atoms with Crippen molar-refractivity contribution in [3.63, 3.8) is 0 Å². The number of carbonyl (C=O) groups excluding carboxylic acids is 1. The average Bonchev–Trinajstić information content (AvgIpc) is 2.71. The highest BCUT2D eigenvalue weighted by Gasteiger charge is 2.20. The van der Waals surface area contributed by atoms with Gasteiger partial charge in [-0.3, -0.25) is 4.79 Å². The van der Waals surface area contributed by atoms with E-state index < -0.39 is 11.9 Å². The second-order valence-corrected chi connectivity index (χ2v) is 4.19. The number of aryl methyl sites for hydroxylation is 2. The van der Waals surface area contributed by atoms with Crippen LogP contribution in [0.1, 0.15) is 32.2 Å². The highest BCUT2D eigenvalue weighted by Crippen LogP contribution is 2.23. The lowest BCUT2D eigenvalue weighted by Gasteiger charge is -2.08. The van der Waals surface area contributed by atoms with E-state index in [2.05, 4.69) is 10.5 Å². The predicted molar refractivity (Wildman–Crippen MR) is 69.0 cm³/mol. The molecule has 1 heterocycles. The minimum atomic E-state index is -1.25. The number of aromatic carboxylic acids is 1. The quantitative estimate of drug-likeness (QED) is 0.738. The Balaban J connectivity index is 2.36. The standard InChI is InChI=1S/C13H12N2O5/c1-6-11(7(2)20-15-6)12(17)14-10-4-3-8(16)5-9(10)13(18)19/h3-5,16H,1-2H3,(H,14,17)(H,18,19). The van der Waals surface area contributed by atoms with E-state index >= 15 is 0 Å². The Morgan fingerprint density at radius 2 is 2.00 bits per heavy atom. The Hall–Kier alpha value is -2.83. The smallest absolute Gasteiger partial charge is 0.337 e. The van der Waals surface area contributed by atoms with Crippen LogP contribution in [0, 0.1) is 13.8 Å². The van der Waals surface area contributed by atoms with Crippen LogP contribution >= 0.6 is 0 Å². The first kappa shape index (κ1) is 13.6. The molecule has 7 heteroatoms. The molecule has 2 aromatic rings. The molecule has 0 bridgehead atoms. The third-order valence-electron chi connectivity index (χ3n) is 2.74. The predicted octanol–water partition coefficient (Wildman–Crippen LogP) is 1.95. The molecule has 0 spiro atoms. The van der Waals surface area contributed by atoms with Crippen molar-refractivity contribution in [2.75, 3.05) is 5.32 Å². The molecule has 7 nitrogen and oxygen atoms in total. The van der Waals surface area contributed by atoms with Crippen molar-refractivity contribution in [3.8, 4) is 5.75 Å². The van der Waals surface area contributed by atoms with E-state index in [0.717, 1.165) is 6.07 Å². The third-order valence-corrected chi connectivity index (χ3v) is 2.74. The number of hydrogen-bond donors (Lipinski definition) is 3. The van der Waals surface area contributed by atoms with Crippen molar-refractivity contribution in [1.29, 1.82) is 0 Å². The number of phenolic OH excluding ortho intramolecular Hbond substituents is 1. The number of phenols is 1. The summed E-state index contributed by atoms with van der Waals surface area (Å²) in [5.41, 5.74) is 0.551. The fourth-order valence-corrected chi connectivity index (χ4v) is 1.81. The number of amides is 1. The normalized spacial score (nSPS) is 10.3. The molecule has 1 aromatic heterocycles. The van der Waals surface area contributed by atoms with Crippen LogP contribution in [0.3, 0.4) is 0 Å². The number of nitrogens with zero attached hydrogens (tertiary/aromatic N) is 1. The molecule has 104 valence electrons. The summed E-state index contributed by atoms with van der Waals surface area (Å²) >= 11 is 0. The molecule has 0 fully saturated rings. The number of aromatic nitrogens is 1. The maximum atomic E-state index is 12.1. The summed E-state index contributed by atoms with van der Waals surface area (Å²) < 4.78 is 4.88. The van der Waals surface area contributed by atoms with E-state index in [4.69, 9.17) is 9.63 Å². The number of carbonyl (C=O) groups is 2. The van der Waals surface area contributed by atoms with Gasteiger partial charge < -0.3 is 20.1 Å². The topological polar surface area (TPSA) is 113 Å². The van der Waals surface area contributed by atoms with Crippen molar-refractivity contribution < 1.29 is 24.3 Å². The second-order valence-electron chi connectivity index (χ2n) is 4.19. The maximum Gasteiger partial charge on any atom is 0.337 e.